The van der Waals surface area contributed by atoms with E-state index in [1.54, 1.807) is 18.2 Å². The second kappa shape index (κ2) is 7.97. The zero-order valence-electron chi connectivity index (χ0n) is 16.1. The molecule has 28 heavy (non-hydrogen) atoms. The summed E-state index contributed by atoms with van der Waals surface area (Å²) in [4.78, 5) is 11.3. The molecule has 3 heterocycles. The lowest BCUT2D eigenvalue weighted by molar-refractivity contribution is 0.213. The summed E-state index contributed by atoms with van der Waals surface area (Å²) in [5.74, 6) is 0.475. The summed E-state index contributed by atoms with van der Waals surface area (Å²) in [6.07, 6.45) is 6.39. The van der Waals surface area contributed by atoms with Crippen LogP contribution in [0.25, 0.3) is 10.9 Å². The van der Waals surface area contributed by atoms with Crippen molar-refractivity contribution < 1.29 is 8.42 Å². The molecule has 1 fully saturated rings. The van der Waals surface area contributed by atoms with Crippen molar-refractivity contribution in [1.82, 2.24) is 14.9 Å². The number of benzene rings is 1. The largest absolute Gasteiger partial charge is 0.303 e. The van der Waals surface area contributed by atoms with Gasteiger partial charge in [0, 0.05) is 17.8 Å². The van der Waals surface area contributed by atoms with Crippen LogP contribution in [0.15, 0.2) is 64.8 Å². The van der Waals surface area contributed by atoms with Gasteiger partial charge in [-0.25, -0.2) is 13.4 Å². The van der Waals surface area contributed by atoms with E-state index in [4.69, 9.17) is 0 Å². The van der Waals surface area contributed by atoms with E-state index in [1.807, 2.05) is 12.1 Å². The number of hydrogen-bond acceptors (Lipinski definition) is 5. The van der Waals surface area contributed by atoms with Crippen molar-refractivity contribution >= 4 is 20.7 Å². The zero-order chi connectivity index (χ0) is 19.6. The molecule has 3 aromatic rings. The van der Waals surface area contributed by atoms with Crippen LogP contribution in [0.3, 0.4) is 0 Å². The molecule has 1 aliphatic rings. The van der Waals surface area contributed by atoms with E-state index in [1.165, 1.54) is 30.4 Å². The number of aromatic nitrogens is 2. The lowest BCUT2D eigenvalue weighted by atomic mass is 9.88. The third kappa shape index (κ3) is 3.66. The van der Waals surface area contributed by atoms with Crippen LogP contribution in [0.5, 0.6) is 0 Å². The zero-order valence-corrected chi connectivity index (χ0v) is 16.9. The molecule has 2 aromatic heterocycles. The molecule has 0 N–H and O–H groups in total. The highest BCUT2D eigenvalue weighted by Gasteiger charge is 2.24. The topological polar surface area (TPSA) is 63.2 Å². The summed E-state index contributed by atoms with van der Waals surface area (Å²) in [6, 6.07) is 12.7. The number of hydrogen-bond donors (Lipinski definition) is 0. The van der Waals surface area contributed by atoms with Crippen LogP contribution >= 0.6 is 0 Å². The van der Waals surface area contributed by atoms with Crippen LogP contribution in [0.4, 0.5) is 0 Å². The van der Waals surface area contributed by atoms with Gasteiger partial charge < -0.3 is 4.90 Å². The van der Waals surface area contributed by atoms with E-state index in [2.05, 4.69) is 27.9 Å². The lowest BCUT2D eigenvalue weighted by Gasteiger charge is -2.32. The summed E-state index contributed by atoms with van der Waals surface area (Å²) in [6.45, 7) is 5.61. The van der Waals surface area contributed by atoms with Crippen LogP contribution in [0.1, 0.15) is 37.7 Å². The van der Waals surface area contributed by atoms with Crippen LogP contribution in [-0.4, -0.2) is 42.9 Å². The van der Waals surface area contributed by atoms with Crippen molar-refractivity contribution in [3.63, 3.8) is 0 Å². The number of fused-ring (bicyclic) bond motifs is 1. The second-order valence-corrected chi connectivity index (χ2v) is 9.27. The molecule has 0 unspecified atom stereocenters. The number of pyridine rings is 2. The molecule has 1 aliphatic heterocycles. The van der Waals surface area contributed by atoms with Crippen molar-refractivity contribution in [3.05, 3.63) is 60.4 Å². The Hall–Kier alpha value is -2.31. The van der Waals surface area contributed by atoms with Gasteiger partial charge in [0.05, 0.1) is 10.4 Å². The first-order valence-corrected chi connectivity index (χ1v) is 11.3. The third-order valence-corrected chi connectivity index (χ3v) is 7.14. The van der Waals surface area contributed by atoms with Crippen LogP contribution in [0, 0.1) is 0 Å². The van der Waals surface area contributed by atoms with E-state index in [0.717, 1.165) is 43.4 Å². The predicted molar refractivity (Wildman–Crippen MR) is 110 cm³/mol. The highest BCUT2D eigenvalue weighted by atomic mass is 32.2. The first-order chi connectivity index (χ1) is 13.6. The molecule has 6 heteroatoms. The van der Waals surface area contributed by atoms with E-state index in [9.17, 15) is 8.42 Å². The van der Waals surface area contributed by atoms with Gasteiger partial charge >= 0.3 is 0 Å². The van der Waals surface area contributed by atoms with Crippen molar-refractivity contribution in [2.24, 2.45) is 0 Å². The van der Waals surface area contributed by atoms with Crippen molar-refractivity contribution in [3.8, 4) is 0 Å². The summed E-state index contributed by atoms with van der Waals surface area (Å²) in [5.41, 5.74) is 2.15. The van der Waals surface area contributed by atoms with Gasteiger partial charge in [-0.15, -0.1) is 0 Å². The summed E-state index contributed by atoms with van der Waals surface area (Å²) < 4.78 is 25.7. The Labute approximate surface area is 166 Å². The minimum atomic E-state index is -3.66. The molecule has 0 aliphatic carbocycles. The van der Waals surface area contributed by atoms with Crippen molar-refractivity contribution in [2.75, 3.05) is 19.6 Å². The fourth-order valence-corrected chi connectivity index (χ4v) is 5.22. The standard InChI is InChI=1S/C22H25N3O2S/c1-2-12-25-13-9-17(10-14-25)20-7-5-6-18-15-19(16-24-22(18)20)28(26,27)21-8-3-4-11-23-21/h3-8,11,15-17H,2,9-10,12-14H2,1H3. The van der Waals surface area contributed by atoms with Gasteiger partial charge in [0.15, 0.2) is 5.03 Å². The molecule has 1 saturated heterocycles. The third-order valence-electron chi connectivity index (χ3n) is 5.51. The average Bonchev–Trinajstić information content (AvgIpc) is 2.74. The minimum Gasteiger partial charge on any atom is -0.303 e. The van der Waals surface area contributed by atoms with Gasteiger partial charge in [0.25, 0.3) is 0 Å². The monoisotopic (exact) mass is 395 g/mol. The molecule has 1 aromatic carbocycles. The summed E-state index contributed by atoms with van der Waals surface area (Å²) in [5, 5.41) is 0.918. The Balaban J connectivity index is 1.66. The van der Waals surface area contributed by atoms with Crippen molar-refractivity contribution in [2.45, 2.75) is 42.0 Å². The Morgan fingerprint density at radius 2 is 1.89 bits per heavy atom. The quantitative estimate of drug-likeness (QED) is 0.652. The fourth-order valence-electron chi connectivity index (χ4n) is 4.05. The Bertz CT molecular complexity index is 1060. The Morgan fingerprint density at radius 1 is 1.07 bits per heavy atom. The number of rotatable bonds is 5. The molecule has 5 nitrogen and oxygen atoms in total. The highest BCUT2D eigenvalue weighted by molar-refractivity contribution is 7.91. The molecule has 0 amide bonds. The van der Waals surface area contributed by atoms with Gasteiger partial charge in [-0.1, -0.05) is 31.2 Å². The number of likely N-dealkylation sites (tertiary alicyclic amines) is 1. The first kappa shape index (κ1) is 19.0. The molecule has 0 bridgehead atoms. The number of sulfone groups is 1. The fraction of sp³-hybridized carbons (Fsp3) is 0.364. The van der Waals surface area contributed by atoms with Crippen LogP contribution in [-0.2, 0) is 9.84 Å². The Kier molecular flexibility index (Phi) is 5.42. The Morgan fingerprint density at radius 3 is 2.61 bits per heavy atom. The van der Waals surface area contributed by atoms with E-state index >= 15 is 0 Å². The van der Waals surface area contributed by atoms with Crippen LogP contribution < -0.4 is 0 Å². The lowest BCUT2D eigenvalue weighted by Crippen LogP contribution is -2.33. The molecule has 4 rings (SSSR count). The van der Waals surface area contributed by atoms with E-state index in [-0.39, 0.29) is 9.92 Å². The maximum atomic E-state index is 12.9. The van der Waals surface area contributed by atoms with Crippen molar-refractivity contribution in [1.29, 1.82) is 0 Å². The van der Waals surface area contributed by atoms with Gasteiger partial charge in [-0.05, 0) is 68.6 Å². The smallest absolute Gasteiger partial charge is 0.225 e. The number of nitrogens with zero attached hydrogens (tertiary/aromatic N) is 3. The normalized spacial score (nSPS) is 16.5. The molecular weight excluding hydrogens is 370 g/mol. The summed E-state index contributed by atoms with van der Waals surface area (Å²) >= 11 is 0. The molecular formula is C22H25N3O2S. The van der Waals surface area contributed by atoms with E-state index < -0.39 is 9.84 Å². The van der Waals surface area contributed by atoms with Gasteiger partial charge in [-0.2, -0.15) is 0 Å². The number of para-hydroxylation sites is 1. The van der Waals surface area contributed by atoms with Gasteiger partial charge in [0.2, 0.25) is 9.84 Å². The van der Waals surface area contributed by atoms with Gasteiger partial charge in [0.1, 0.15) is 0 Å². The maximum absolute atomic E-state index is 12.9. The molecule has 0 spiro atoms. The van der Waals surface area contributed by atoms with Gasteiger partial charge in [-0.3, -0.25) is 4.98 Å². The van der Waals surface area contributed by atoms with Crippen LogP contribution in [0.2, 0.25) is 0 Å². The minimum absolute atomic E-state index is 0.0515. The molecule has 0 radical (unpaired) electrons. The summed E-state index contributed by atoms with van der Waals surface area (Å²) in [7, 11) is -3.66. The molecule has 0 saturated carbocycles. The molecule has 0 atom stereocenters. The van der Waals surface area contributed by atoms with E-state index in [0.29, 0.717) is 5.92 Å². The molecule has 146 valence electrons. The second-order valence-electron chi connectivity index (χ2n) is 7.38. The first-order valence-electron chi connectivity index (χ1n) is 9.86. The predicted octanol–water partition coefficient (Wildman–Crippen LogP) is 4.05. The SMILES string of the molecule is CCCN1CCC(c2cccc3cc(S(=O)(=O)c4ccccn4)cnc23)CC1. The highest BCUT2D eigenvalue weighted by Crippen LogP contribution is 2.33. The average molecular weight is 396 g/mol. The maximum Gasteiger partial charge on any atom is 0.225 e. The number of piperidine rings is 1.